The number of benzene rings is 1. The third-order valence-electron chi connectivity index (χ3n) is 2.48. The number of amides is 1. The molecule has 0 aliphatic heterocycles. The molecule has 0 saturated carbocycles. The van der Waals surface area contributed by atoms with E-state index in [1.165, 1.54) is 29.6 Å². The number of halogens is 3. The van der Waals surface area contributed by atoms with Crippen LogP contribution in [-0.4, -0.2) is 47.5 Å². The maximum Gasteiger partial charge on any atom is 0.471 e. The highest BCUT2D eigenvalue weighted by molar-refractivity contribution is 5.81. The van der Waals surface area contributed by atoms with Crippen molar-refractivity contribution in [2.45, 2.75) is 18.7 Å². The highest BCUT2D eigenvalue weighted by Gasteiger charge is 2.38. The second-order valence-corrected chi connectivity index (χ2v) is 4.39. The van der Waals surface area contributed by atoms with Crippen LogP contribution >= 0.6 is 0 Å². The molecule has 0 saturated heterocycles. The number of hydrogen-bond acceptors (Lipinski definition) is 4. The Hall–Kier alpha value is -2.29. The molecule has 9 heteroatoms. The van der Waals surface area contributed by atoms with Crippen LogP contribution in [0.1, 0.15) is 5.56 Å². The van der Waals surface area contributed by atoms with Crippen LogP contribution < -0.4 is 10.1 Å². The topological polar surface area (TPSA) is 95.9 Å². The highest BCUT2D eigenvalue weighted by Crippen LogP contribution is 2.14. The average molecular weight is 321 g/mol. The van der Waals surface area contributed by atoms with Crippen molar-refractivity contribution >= 4 is 11.9 Å². The van der Waals surface area contributed by atoms with E-state index in [0.29, 0.717) is 11.3 Å². The van der Waals surface area contributed by atoms with Crippen LogP contribution in [-0.2, 0) is 16.0 Å². The Bertz CT molecular complexity index is 515. The van der Waals surface area contributed by atoms with E-state index in [2.05, 4.69) is 0 Å². The number of rotatable bonds is 7. The van der Waals surface area contributed by atoms with Gasteiger partial charge < -0.3 is 20.3 Å². The molecular formula is C13H14F3NO5. The van der Waals surface area contributed by atoms with Gasteiger partial charge in [-0.3, -0.25) is 9.59 Å². The van der Waals surface area contributed by atoms with Crippen LogP contribution in [0.5, 0.6) is 5.75 Å². The number of alkyl halides is 3. The van der Waals surface area contributed by atoms with Gasteiger partial charge in [0.25, 0.3) is 0 Å². The first-order valence-corrected chi connectivity index (χ1v) is 6.15. The van der Waals surface area contributed by atoms with E-state index in [1.807, 2.05) is 0 Å². The molecule has 1 atom stereocenters. The van der Waals surface area contributed by atoms with Crippen molar-refractivity contribution < 1.29 is 37.7 Å². The number of carbonyl (C=O) groups is 2. The van der Waals surface area contributed by atoms with Gasteiger partial charge in [0.2, 0.25) is 0 Å². The maximum atomic E-state index is 11.9. The van der Waals surface area contributed by atoms with E-state index in [1.54, 1.807) is 0 Å². The summed E-state index contributed by atoms with van der Waals surface area (Å²) in [5, 5.41) is 19.5. The van der Waals surface area contributed by atoms with Crippen LogP contribution in [0.25, 0.3) is 0 Å². The Morgan fingerprint density at radius 2 is 1.82 bits per heavy atom. The number of aliphatic hydroxyl groups is 1. The molecule has 1 rings (SSSR count). The van der Waals surface area contributed by atoms with Gasteiger partial charge in [-0.1, -0.05) is 12.1 Å². The van der Waals surface area contributed by atoms with Crippen molar-refractivity contribution in [3.05, 3.63) is 29.8 Å². The number of carboxylic acid groups (broad SMARTS) is 1. The first-order chi connectivity index (χ1) is 10.2. The Morgan fingerprint density at radius 3 is 2.32 bits per heavy atom. The van der Waals surface area contributed by atoms with Crippen LogP contribution in [0.2, 0.25) is 0 Å². The fraction of sp³-hybridized carbons (Fsp3) is 0.385. The summed E-state index contributed by atoms with van der Waals surface area (Å²) in [6, 6.07) is 5.97. The standard InChI is InChI=1S/C13H14F3NO5/c14-13(15,16)12(21)17-6-9(18)7-22-10-3-1-8(2-4-10)5-11(19)20/h1-4,9,18H,5-7H2,(H,17,21)(H,19,20). The van der Waals surface area contributed by atoms with Crippen LogP contribution in [0.15, 0.2) is 24.3 Å². The summed E-state index contributed by atoms with van der Waals surface area (Å²) in [7, 11) is 0. The summed E-state index contributed by atoms with van der Waals surface area (Å²) in [6.45, 7) is -0.925. The smallest absolute Gasteiger partial charge is 0.471 e. The molecule has 0 aromatic heterocycles. The Labute approximate surface area is 123 Å². The zero-order valence-corrected chi connectivity index (χ0v) is 11.3. The van der Waals surface area contributed by atoms with Crippen LogP contribution in [0.4, 0.5) is 13.2 Å². The van der Waals surface area contributed by atoms with Crippen LogP contribution in [0, 0.1) is 0 Å². The molecule has 3 N–H and O–H groups in total. The van der Waals surface area contributed by atoms with Crippen molar-refractivity contribution in [2.75, 3.05) is 13.2 Å². The Morgan fingerprint density at radius 1 is 1.23 bits per heavy atom. The number of carbonyl (C=O) groups excluding carboxylic acids is 1. The monoisotopic (exact) mass is 321 g/mol. The molecule has 1 aromatic carbocycles. The SMILES string of the molecule is O=C(O)Cc1ccc(OCC(O)CNC(=O)C(F)(F)F)cc1. The lowest BCUT2D eigenvalue weighted by Gasteiger charge is -2.14. The largest absolute Gasteiger partial charge is 0.491 e. The second-order valence-electron chi connectivity index (χ2n) is 4.39. The number of aliphatic hydroxyl groups excluding tert-OH is 1. The van der Waals surface area contributed by atoms with Gasteiger partial charge >= 0.3 is 18.1 Å². The maximum absolute atomic E-state index is 11.9. The van der Waals surface area contributed by atoms with E-state index in [0.717, 1.165) is 0 Å². The minimum absolute atomic E-state index is 0.146. The van der Waals surface area contributed by atoms with Gasteiger partial charge in [-0.25, -0.2) is 0 Å². The lowest BCUT2D eigenvalue weighted by atomic mass is 10.1. The molecule has 0 bridgehead atoms. The molecule has 0 fully saturated rings. The summed E-state index contributed by atoms with van der Waals surface area (Å²) in [6.07, 6.45) is -6.46. The zero-order chi connectivity index (χ0) is 16.8. The molecule has 6 nitrogen and oxygen atoms in total. The van der Waals surface area contributed by atoms with E-state index < -0.39 is 30.7 Å². The van der Waals surface area contributed by atoms with E-state index in [-0.39, 0.29) is 13.0 Å². The normalized spacial score (nSPS) is 12.5. The van der Waals surface area contributed by atoms with Gasteiger partial charge in [-0.15, -0.1) is 0 Å². The number of hydrogen-bond donors (Lipinski definition) is 3. The summed E-state index contributed by atoms with van der Waals surface area (Å²) < 4.78 is 40.9. The first kappa shape index (κ1) is 17.8. The van der Waals surface area contributed by atoms with Gasteiger partial charge in [-0.05, 0) is 17.7 Å². The van der Waals surface area contributed by atoms with E-state index in [9.17, 15) is 27.9 Å². The lowest BCUT2D eigenvalue weighted by Crippen LogP contribution is -2.42. The number of nitrogens with one attached hydrogen (secondary N) is 1. The number of aliphatic carboxylic acids is 1. The molecule has 122 valence electrons. The van der Waals surface area contributed by atoms with Gasteiger partial charge in [0, 0.05) is 6.54 Å². The predicted molar refractivity (Wildman–Crippen MR) is 68.3 cm³/mol. The zero-order valence-electron chi connectivity index (χ0n) is 11.3. The van der Waals surface area contributed by atoms with Crippen molar-refractivity contribution in [3.8, 4) is 5.75 Å². The average Bonchev–Trinajstić information content (AvgIpc) is 2.42. The number of carboxylic acids is 1. The van der Waals surface area contributed by atoms with Crippen LogP contribution in [0.3, 0.4) is 0 Å². The molecular weight excluding hydrogens is 307 g/mol. The summed E-state index contributed by atoms with van der Waals surface area (Å²) in [4.78, 5) is 21.0. The first-order valence-electron chi connectivity index (χ1n) is 6.15. The lowest BCUT2D eigenvalue weighted by molar-refractivity contribution is -0.174. The molecule has 0 aliphatic rings. The Kier molecular flexibility index (Phi) is 6.17. The minimum atomic E-state index is -5.00. The third-order valence-corrected chi connectivity index (χ3v) is 2.48. The molecule has 0 radical (unpaired) electrons. The van der Waals surface area contributed by atoms with Gasteiger partial charge in [0.1, 0.15) is 18.5 Å². The third kappa shape index (κ3) is 6.44. The summed E-state index contributed by atoms with van der Waals surface area (Å²) in [5.41, 5.74) is 0.554. The fourth-order valence-electron chi connectivity index (χ4n) is 1.44. The summed E-state index contributed by atoms with van der Waals surface area (Å²) >= 11 is 0. The quantitative estimate of drug-likeness (QED) is 0.688. The van der Waals surface area contributed by atoms with Crippen molar-refractivity contribution in [2.24, 2.45) is 0 Å². The molecule has 22 heavy (non-hydrogen) atoms. The molecule has 1 amide bonds. The molecule has 0 spiro atoms. The van der Waals surface area contributed by atoms with Crippen molar-refractivity contribution in [3.63, 3.8) is 0 Å². The summed E-state index contributed by atoms with van der Waals surface area (Å²) in [5.74, 6) is -2.80. The van der Waals surface area contributed by atoms with E-state index >= 15 is 0 Å². The number of ether oxygens (including phenoxy) is 1. The van der Waals surface area contributed by atoms with Gasteiger partial charge in [0.05, 0.1) is 6.42 Å². The Balaban J connectivity index is 2.36. The predicted octanol–water partition coefficient (Wildman–Crippen LogP) is 0.732. The van der Waals surface area contributed by atoms with Crippen molar-refractivity contribution in [1.29, 1.82) is 0 Å². The molecule has 1 aromatic rings. The minimum Gasteiger partial charge on any atom is -0.491 e. The molecule has 1 unspecified atom stereocenters. The van der Waals surface area contributed by atoms with Gasteiger partial charge in [-0.2, -0.15) is 13.2 Å². The highest BCUT2D eigenvalue weighted by atomic mass is 19.4. The van der Waals surface area contributed by atoms with Gasteiger partial charge in [0.15, 0.2) is 0 Å². The second kappa shape index (κ2) is 7.64. The fourth-order valence-corrected chi connectivity index (χ4v) is 1.44. The molecule has 0 aliphatic carbocycles. The van der Waals surface area contributed by atoms with Crippen molar-refractivity contribution in [1.82, 2.24) is 5.32 Å². The molecule has 0 heterocycles. The van der Waals surface area contributed by atoms with E-state index in [4.69, 9.17) is 9.84 Å².